The summed E-state index contributed by atoms with van der Waals surface area (Å²) >= 11 is 0. The third-order valence-corrected chi connectivity index (χ3v) is 8.51. The Morgan fingerprint density at radius 1 is 0.533 bits per heavy atom. The van der Waals surface area contributed by atoms with Crippen molar-refractivity contribution in [3.8, 4) is 22.9 Å². The third kappa shape index (κ3) is 8.34. The molecule has 1 aromatic carbocycles. The molecule has 0 fully saturated rings. The molecule has 0 N–H and O–H groups in total. The zero-order chi connectivity index (χ0) is 22.3. The van der Waals surface area contributed by atoms with Crippen LogP contribution in [0.25, 0.3) is 0 Å². The Bertz CT molecular complexity index is 650. The van der Waals surface area contributed by atoms with Gasteiger partial charge in [0.2, 0.25) is 0 Å². The molecule has 1 aromatic rings. The highest BCUT2D eigenvalue weighted by molar-refractivity contribution is 6.70. The summed E-state index contributed by atoms with van der Waals surface area (Å²) in [6.07, 6.45) is 0. The maximum atomic E-state index is 5.81. The van der Waals surface area contributed by atoms with Crippen LogP contribution in [-0.4, -0.2) is 57.3 Å². The van der Waals surface area contributed by atoms with Crippen LogP contribution in [0.1, 0.15) is 52.7 Å². The maximum absolute atomic E-state index is 5.81. The normalized spacial score (nSPS) is 11.4. The molecule has 0 aliphatic heterocycles. The second kappa shape index (κ2) is 14.5. The highest BCUT2D eigenvalue weighted by Gasteiger charge is 2.40. The van der Waals surface area contributed by atoms with E-state index >= 15 is 0 Å². The van der Waals surface area contributed by atoms with Crippen LogP contribution in [0.4, 0.5) is 0 Å². The van der Waals surface area contributed by atoms with Gasteiger partial charge in [-0.2, -0.15) is 0 Å². The fourth-order valence-corrected chi connectivity index (χ4v) is 6.38. The van der Waals surface area contributed by atoms with Gasteiger partial charge in [-0.25, -0.2) is 0 Å². The minimum absolute atomic E-state index is 0.466. The molecule has 8 heteroatoms. The van der Waals surface area contributed by atoms with Crippen LogP contribution < -0.4 is 0 Å². The van der Waals surface area contributed by atoms with E-state index < -0.39 is 17.6 Å². The summed E-state index contributed by atoms with van der Waals surface area (Å²) in [6.45, 7) is 14.2. The smallest absolute Gasteiger partial charge is 0.364 e. The van der Waals surface area contributed by atoms with Crippen LogP contribution in [0.5, 0.6) is 0 Å². The molecule has 30 heavy (non-hydrogen) atoms. The zero-order valence-electron chi connectivity index (χ0n) is 19.0. The Labute approximate surface area is 183 Å². The van der Waals surface area contributed by atoms with E-state index in [1.54, 1.807) is 0 Å². The van der Waals surface area contributed by atoms with Crippen LogP contribution in [0.3, 0.4) is 0 Å². The summed E-state index contributed by atoms with van der Waals surface area (Å²) < 4.78 is 34.9. The predicted molar refractivity (Wildman–Crippen MR) is 121 cm³/mol. The van der Waals surface area contributed by atoms with E-state index in [1.807, 2.05) is 65.8 Å². The van der Waals surface area contributed by atoms with E-state index in [0.29, 0.717) is 39.6 Å². The van der Waals surface area contributed by atoms with E-state index in [-0.39, 0.29) is 0 Å². The average Bonchev–Trinajstić information content (AvgIpc) is 2.73. The largest absolute Gasteiger partial charge is 0.591 e. The number of hydrogen-bond acceptors (Lipinski definition) is 6. The fraction of sp³-hybridized carbons (Fsp3) is 0.545. The first-order valence-electron chi connectivity index (χ1n) is 10.5. The van der Waals surface area contributed by atoms with Crippen LogP contribution in [-0.2, 0) is 26.6 Å². The molecule has 0 radical (unpaired) electrons. The van der Waals surface area contributed by atoms with Gasteiger partial charge < -0.3 is 26.6 Å². The molecular formula is C22H34O6Si2. The summed E-state index contributed by atoms with van der Waals surface area (Å²) in [6, 6.07) is 7.65. The number of hydrogen-bond donors (Lipinski definition) is 0. The molecule has 0 atom stereocenters. The lowest BCUT2D eigenvalue weighted by molar-refractivity contribution is 0.0862. The quantitative estimate of drug-likeness (QED) is 0.358. The van der Waals surface area contributed by atoms with Crippen molar-refractivity contribution >= 4 is 17.6 Å². The monoisotopic (exact) mass is 450 g/mol. The summed E-state index contributed by atoms with van der Waals surface area (Å²) in [5, 5.41) is 0. The molecule has 0 aliphatic carbocycles. The molecule has 0 bridgehead atoms. The Morgan fingerprint density at radius 3 is 1.03 bits per heavy atom. The van der Waals surface area contributed by atoms with Gasteiger partial charge >= 0.3 is 17.6 Å². The highest BCUT2D eigenvalue weighted by atomic mass is 28.4. The van der Waals surface area contributed by atoms with E-state index in [9.17, 15) is 0 Å². The number of rotatable bonds is 12. The molecule has 0 spiro atoms. The minimum atomic E-state index is -3.07. The van der Waals surface area contributed by atoms with Crippen molar-refractivity contribution in [3.63, 3.8) is 0 Å². The van der Waals surface area contributed by atoms with Crippen molar-refractivity contribution in [2.45, 2.75) is 41.5 Å². The molecule has 0 saturated heterocycles. The van der Waals surface area contributed by atoms with E-state index in [0.717, 1.165) is 11.1 Å². The molecular weight excluding hydrogens is 416 g/mol. The summed E-state index contributed by atoms with van der Waals surface area (Å²) in [7, 11) is -6.15. The SMILES string of the molecule is CCO[Si](C#Cc1ccccc1C#C[Si](OCC)(OCC)OCC)(OCC)OCC. The van der Waals surface area contributed by atoms with Gasteiger partial charge in [0.05, 0.1) is 0 Å². The van der Waals surface area contributed by atoms with Gasteiger partial charge in [0.1, 0.15) is 0 Å². The first-order chi connectivity index (χ1) is 14.5. The van der Waals surface area contributed by atoms with E-state index in [2.05, 4.69) is 22.9 Å². The van der Waals surface area contributed by atoms with Gasteiger partial charge in [-0.05, 0) is 64.8 Å². The molecule has 0 aromatic heterocycles. The van der Waals surface area contributed by atoms with Gasteiger partial charge in [0, 0.05) is 50.8 Å². The van der Waals surface area contributed by atoms with Crippen LogP contribution in [0, 0.1) is 22.9 Å². The molecule has 6 nitrogen and oxygen atoms in total. The van der Waals surface area contributed by atoms with Gasteiger partial charge in [0.15, 0.2) is 0 Å². The van der Waals surface area contributed by atoms with Gasteiger partial charge in [0.25, 0.3) is 0 Å². The molecule has 0 aliphatic rings. The van der Waals surface area contributed by atoms with Crippen LogP contribution in [0.15, 0.2) is 24.3 Å². The topological polar surface area (TPSA) is 55.4 Å². The lowest BCUT2D eigenvalue weighted by Crippen LogP contribution is -2.45. The molecule has 0 unspecified atom stereocenters. The lowest BCUT2D eigenvalue weighted by Gasteiger charge is -2.22. The standard InChI is InChI=1S/C22H34O6Si2/c1-7-23-29(24-8-2,25-9-3)19-17-21-15-13-14-16-22(21)18-20-30(26-10-4,27-11-5)28-12-6/h13-16H,7-12H2,1-6H3. The molecule has 0 amide bonds. The van der Waals surface area contributed by atoms with Gasteiger partial charge in [-0.3, -0.25) is 0 Å². The third-order valence-electron chi connectivity index (χ3n) is 3.63. The first-order valence-corrected chi connectivity index (χ1v) is 14.0. The molecule has 0 saturated carbocycles. The van der Waals surface area contributed by atoms with Crippen molar-refractivity contribution in [1.29, 1.82) is 0 Å². The summed E-state index contributed by atoms with van der Waals surface area (Å²) in [5.41, 5.74) is 7.79. The highest BCUT2D eigenvalue weighted by Crippen LogP contribution is 2.13. The number of benzene rings is 1. The average molecular weight is 451 g/mol. The zero-order valence-corrected chi connectivity index (χ0v) is 21.0. The predicted octanol–water partition coefficient (Wildman–Crippen LogP) is 3.56. The second-order valence-electron chi connectivity index (χ2n) is 5.76. The first kappa shape index (κ1) is 26.6. The van der Waals surface area contributed by atoms with Crippen molar-refractivity contribution in [2.75, 3.05) is 39.6 Å². The van der Waals surface area contributed by atoms with Gasteiger partial charge in [-0.15, -0.1) is 0 Å². The van der Waals surface area contributed by atoms with Crippen LogP contribution >= 0.6 is 0 Å². The maximum Gasteiger partial charge on any atom is 0.591 e. The molecule has 166 valence electrons. The molecule has 1 rings (SSSR count). The van der Waals surface area contributed by atoms with E-state index in [1.165, 1.54) is 0 Å². The Balaban J connectivity index is 3.35. The Morgan fingerprint density at radius 2 is 0.800 bits per heavy atom. The minimum Gasteiger partial charge on any atom is -0.364 e. The summed E-state index contributed by atoms with van der Waals surface area (Å²) in [4.78, 5) is 0. The summed E-state index contributed by atoms with van der Waals surface area (Å²) in [5.74, 6) is 6.34. The second-order valence-corrected chi connectivity index (χ2v) is 10.2. The fourth-order valence-electron chi connectivity index (χ4n) is 2.60. The van der Waals surface area contributed by atoms with Crippen LogP contribution in [0.2, 0.25) is 0 Å². The molecule has 0 heterocycles. The Kier molecular flexibility index (Phi) is 12.9. The van der Waals surface area contributed by atoms with Crippen molar-refractivity contribution in [3.05, 3.63) is 35.4 Å². The van der Waals surface area contributed by atoms with Crippen molar-refractivity contribution in [1.82, 2.24) is 0 Å². The van der Waals surface area contributed by atoms with Gasteiger partial charge in [-0.1, -0.05) is 24.0 Å². The lowest BCUT2D eigenvalue weighted by atomic mass is 10.1. The van der Waals surface area contributed by atoms with Crippen molar-refractivity contribution < 1.29 is 26.6 Å². The van der Waals surface area contributed by atoms with Crippen molar-refractivity contribution in [2.24, 2.45) is 0 Å². The Hall–Kier alpha value is -1.47. The van der Waals surface area contributed by atoms with E-state index in [4.69, 9.17) is 26.6 Å².